The van der Waals surface area contributed by atoms with Crippen molar-refractivity contribution in [1.82, 2.24) is 0 Å². The van der Waals surface area contributed by atoms with Gasteiger partial charge in [0.25, 0.3) is 5.91 Å². The number of hydrogen-bond donors (Lipinski definition) is 3. The summed E-state index contributed by atoms with van der Waals surface area (Å²) < 4.78 is 55.4. The first-order chi connectivity index (χ1) is 13.6. The Balaban J connectivity index is 2.08. The summed E-state index contributed by atoms with van der Waals surface area (Å²) in [6.07, 6.45) is 0. The normalized spacial score (nSPS) is 10.8. The van der Waals surface area contributed by atoms with Crippen molar-refractivity contribution in [2.45, 2.75) is 6.92 Å². The molecule has 1 amide bonds. The van der Waals surface area contributed by atoms with Crippen LogP contribution in [0, 0.1) is 30.2 Å². The topological polar surface area (TPSA) is 86.6 Å². The molecular weight excluding hydrogens is 414 g/mol. The molecule has 3 aromatic rings. The molecule has 2 aromatic carbocycles. The van der Waals surface area contributed by atoms with Gasteiger partial charge in [-0.25, -0.2) is 22.4 Å². The minimum absolute atomic E-state index is 0.0175. The number of carbonyl (C=O) groups is 2. The van der Waals surface area contributed by atoms with Crippen molar-refractivity contribution < 1.29 is 37.4 Å². The van der Waals surface area contributed by atoms with Crippen LogP contribution in [0.15, 0.2) is 29.6 Å². The highest BCUT2D eigenvalue weighted by Crippen LogP contribution is 2.38. The molecule has 0 bridgehead atoms. The quantitative estimate of drug-likeness (QED) is 0.517. The van der Waals surface area contributed by atoms with Crippen LogP contribution in [0.1, 0.15) is 26.3 Å². The van der Waals surface area contributed by atoms with Crippen molar-refractivity contribution in [2.24, 2.45) is 0 Å². The molecule has 10 heteroatoms. The highest BCUT2D eigenvalue weighted by atomic mass is 32.1. The van der Waals surface area contributed by atoms with E-state index in [9.17, 15) is 37.4 Å². The zero-order valence-electron chi connectivity index (χ0n) is 14.5. The number of aryl methyl sites for hydroxylation is 1. The minimum atomic E-state index is -1.62. The van der Waals surface area contributed by atoms with Crippen LogP contribution in [0.2, 0.25) is 0 Å². The third-order valence-electron chi connectivity index (χ3n) is 4.10. The van der Waals surface area contributed by atoms with E-state index in [1.165, 1.54) is 24.4 Å². The minimum Gasteiger partial charge on any atom is -0.507 e. The Hall–Kier alpha value is -3.40. The lowest BCUT2D eigenvalue weighted by Gasteiger charge is -2.09. The van der Waals surface area contributed by atoms with Crippen molar-refractivity contribution >= 4 is 28.2 Å². The summed E-state index contributed by atoms with van der Waals surface area (Å²) in [6, 6.07) is 3.82. The van der Waals surface area contributed by atoms with Gasteiger partial charge in [-0.15, -0.1) is 11.3 Å². The Bertz CT molecular complexity index is 1160. The molecule has 0 saturated carbocycles. The number of thiophene rings is 1. The van der Waals surface area contributed by atoms with Gasteiger partial charge in [-0.2, -0.15) is 0 Å². The van der Waals surface area contributed by atoms with Gasteiger partial charge in [-0.3, -0.25) is 4.79 Å². The van der Waals surface area contributed by atoms with E-state index >= 15 is 0 Å². The zero-order chi connectivity index (χ0) is 21.5. The van der Waals surface area contributed by atoms with E-state index in [4.69, 9.17) is 0 Å². The average molecular weight is 425 g/mol. The maximum Gasteiger partial charge on any atom is 0.339 e. The molecule has 1 aromatic heterocycles. The Labute approximate surface area is 164 Å². The first kappa shape index (κ1) is 20.3. The number of amides is 1. The maximum absolute atomic E-state index is 14.3. The molecule has 0 aliphatic carbocycles. The molecule has 29 heavy (non-hydrogen) atoms. The van der Waals surface area contributed by atoms with E-state index in [2.05, 4.69) is 5.32 Å². The maximum atomic E-state index is 14.3. The monoisotopic (exact) mass is 425 g/mol. The predicted octanol–water partition coefficient (Wildman–Crippen LogP) is 4.94. The molecule has 3 rings (SSSR count). The number of phenols is 1. The van der Waals surface area contributed by atoms with Crippen LogP contribution in [0.25, 0.3) is 11.1 Å². The molecule has 0 saturated heterocycles. The molecule has 3 N–H and O–H groups in total. The Kier molecular flexibility index (Phi) is 5.29. The zero-order valence-corrected chi connectivity index (χ0v) is 15.3. The smallest absolute Gasteiger partial charge is 0.339 e. The number of aromatic hydroxyl groups is 1. The van der Waals surface area contributed by atoms with Crippen LogP contribution in [-0.4, -0.2) is 22.1 Å². The van der Waals surface area contributed by atoms with Gasteiger partial charge >= 0.3 is 5.97 Å². The van der Waals surface area contributed by atoms with Crippen molar-refractivity contribution in [3.63, 3.8) is 0 Å². The number of carbonyl (C=O) groups excluding carboxylic acids is 1. The SMILES string of the molecule is Cc1ccc(-c2csc(NC(=O)c3c(O)ccc(F)c3F)c2C(=O)O)c(F)c1F. The van der Waals surface area contributed by atoms with Gasteiger partial charge < -0.3 is 15.5 Å². The van der Waals surface area contributed by atoms with Gasteiger partial charge in [0.2, 0.25) is 0 Å². The van der Waals surface area contributed by atoms with Crippen LogP contribution >= 0.6 is 11.3 Å². The molecular formula is C19H11F4NO4S. The Morgan fingerprint density at radius 3 is 2.28 bits per heavy atom. The van der Waals surface area contributed by atoms with Crippen molar-refractivity contribution in [3.8, 4) is 16.9 Å². The van der Waals surface area contributed by atoms with E-state index in [0.29, 0.717) is 17.4 Å². The summed E-state index contributed by atoms with van der Waals surface area (Å²) in [5.41, 5.74) is -2.13. The van der Waals surface area contributed by atoms with Crippen LogP contribution in [0.5, 0.6) is 5.75 Å². The summed E-state index contributed by atoms with van der Waals surface area (Å²) in [4.78, 5) is 24.0. The molecule has 0 fully saturated rings. The summed E-state index contributed by atoms with van der Waals surface area (Å²) in [7, 11) is 0. The first-order valence-corrected chi connectivity index (χ1v) is 8.79. The van der Waals surface area contributed by atoms with E-state index in [-0.39, 0.29) is 21.7 Å². The number of nitrogens with one attached hydrogen (secondary N) is 1. The fourth-order valence-corrected chi connectivity index (χ4v) is 3.58. The molecule has 1 heterocycles. The molecule has 0 spiro atoms. The van der Waals surface area contributed by atoms with E-state index in [1.54, 1.807) is 0 Å². The number of aromatic carboxylic acids is 1. The van der Waals surface area contributed by atoms with Gasteiger partial charge in [0, 0.05) is 16.5 Å². The second-order valence-electron chi connectivity index (χ2n) is 5.93. The third-order valence-corrected chi connectivity index (χ3v) is 4.99. The number of carboxylic acids is 1. The number of anilines is 1. The fraction of sp³-hybridized carbons (Fsp3) is 0.0526. The lowest BCUT2D eigenvalue weighted by Crippen LogP contribution is -2.16. The average Bonchev–Trinajstić information content (AvgIpc) is 3.06. The van der Waals surface area contributed by atoms with Crippen LogP contribution in [-0.2, 0) is 0 Å². The summed E-state index contributed by atoms with van der Waals surface area (Å²) >= 11 is 0.657. The second kappa shape index (κ2) is 7.55. The van der Waals surface area contributed by atoms with Gasteiger partial charge in [-0.1, -0.05) is 12.1 Å². The highest BCUT2D eigenvalue weighted by molar-refractivity contribution is 7.15. The largest absolute Gasteiger partial charge is 0.507 e. The molecule has 0 aliphatic heterocycles. The number of phenolic OH excluding ortho intramolecular Hbond substituents is 1. The van der Waals surface area contributed by atoms with E-state index in [1.807, 2.05) is 0 Å². The van der Waals surface area contributed by atoms with E-state index < -0.39 is 52.0 Å². The van der Waals surface area contributed by atoms with E-state index in [0.717, 1.165) is 6.07 Å². The summed E-state index contributed by atoms with van der Waals surface area (Å²) in [5.74, 6) is -9.17. The third kappa shape index (κ3) is 3.54. The summed E-state index contributed by atoms with van der Waals surface area (Å²) in [5, 5.41) is 22.1. The lowest BCUT2D eigenvalue weighted by molar-refractivity contribution is 0.0699. The number of carboxylic acid groups (broad SMARTS) is 1. The van der Waals surface area contributed by atoms with Crippen LogP contribution in [0.3, 0.4) is 0 Å². The number of rotatable bonds is 4. The van der Waals surface area contributed by atoms with Gasteiger partial charge in [-0.05, 0) is 24.6 Å². The Morgan fingerprint density at radius 2 is 1.62 bits per heavy atom. The highest BCUT2D eigenvalue weighted by Gasteiger charge is 2.27. The standard InChI is InChI=1S/C19H11F4NO4S/c1-7-2-3-8(15(22)14(7)21)9-6-29-18(12(9)19(27)28)24-17(26)13-11(25)5-4-10(20)16(13)23/h2-6,25H,1H3,(H,24,26)(H,27,28). The molecule has 0 atom stereocenters. The fourth-order valence-electron chi connectivity index (χ4n) is 2.64. The van der Waals surface area contributed by atoms with Gasteiger partial charge in [0.15, 0.2) is 23.3 Å². The molecule has 150 valence electrons. The molecule has 0 radical (unpaired) electrons. The summed E-state index contributed by atoms with van der Waals surface area (Å²) in [6.45, 7) is 1.33. The van der Waals surface area contributed by atoms with Gasteiger partial charge in [0.1, 0.15) is 21.9 Å². The lowest BCUT2D eigenvalue weighted by atomic mass is 10.0. The van der Waals surface area contributed by atoms with Crippen molar-refractivity contribution in [2.75, 3.05) is 5.32 Å². The first-order valence-electron chi connectivity index (χ1n) is 7.91. The van der Waals surface area contributed by atoms with Crippen molar-refractivity contribution in [1.29, 1.82) is 0 Å². The number of hydrogen-bond acceptors (Lipinski definition) is 4. The predicted molar refractivity (Wildman–Crippen MR) is 97.3 cm³/mol. The van der Waals surface area contributed by atoms with Crippen molar-refractivity contribution in [3.05, 3.63) is 69.6 Å². The second-order valence-corrected chi connectivity index (χ2v) is 6.81. The molecule has 0 aliphatic rings. The Morgan fingerprint density at radius 1 is 0.931 bits per heavy atom. The van der Waals surface area contributed by atoms with Crippen LogP contribution < -0.4 is 5.32 Å². The number of benzene rings is 2. The van der Waals surface area contributed by atoms with Gasteiger partial charge in [0.05, 0.1) is 0 Å². The molecule has 0 unspecified atom stereocenters. The number of halogens is 4. The molecule has 5 nitrogen and oxygen atoms in total. The van der Waals surface area contributed by atoms with Crippen LogP contribution in [0.4, 0.5) is 22.6 Å².